The van der Waals surface area contributed by atoms with Crippen LogP contribution in [0, 0.1) is 0 Å². The summed E-state index contributed by atoms with van der Waals surface area (Å²) in [5, 5.41) is 0. The van der Waals surface area contributed by atoms with Crippen molar-refractivity contribution >= 4 is 0 Å². The minimum Gasteiger partial charge on any atom is -0.497 e. The van der Waals surface area contributed by atoms with Crippen molar-refractivity contribution in [2.45, 2.75) is 13.0 Å². The molecule has 0 fully saturated rings. The van der Waals surface area contributed by atoms with E-state index in [0.29, 0.717) is 26.4 Å². The number of rotatable bonds is 8. The first kappa shape index (κ1) is 14.0. The van der Waals surface area contributed by atoms with Crippen molar-refractivity contribution in [3.8, 4) is 5.75 Å². The van der Waals surface area contributed by atoms with Crippen LogP contribution in [-0.2, 0) is 9.47 Å². The van der Waals surface area contributed by atoms with E-state index in [4.69, 9.17) is 19.9 Å². The fraction of sp³-hybridized carbons (Fsp3) is 0.538. The summed E-state index contributed by atoms with van der Waals surface area (Å²) in [6.07, 6.45) is -0.0821. The second-order valence-corrected chi connectivity index (χ2v) is 3.57. The van der Waals surface area contributed by atoms with Gasteiger partial charge in [0, 0.05) is 13.2 Å². The van der Waals surface area contributed by atoms with Crippen molar-refractivity contribution < 1.29 is 14.2 Å². The molecule has 1 aromatic rings. The van der Waals surface area contributed by atoms with Crippen molar-refractivity contribution in [3.05, 3.63) is 29.8 Å². The Labute approximate surface area is 103 Å². The molecule has 2 N–H and O–H groups in total. The molecular weight excluding hydrogens is 218 g/mol. The van der Waals surface area contributed by atoms with Gasteiger partial charge in [0.1, 0.15) is 5.75 Å². The Morgan fingerprint density at radius 1 is 1.18 bits per heavy atom. The van der Waals surface area contributed by atoms with Gasteiger partial charge in [-0.25, -0.2) is 0 Å². The van der Waals surface area contributed by atoms with Gasteiger partial charge in [-0.3, -0.25) is 0 Å². The quantitative estimate of drug-likeness (QED) is 0.702. The molecule has 1 unspecified atom stereocenters. The van der Waals surface area contributed by atoms with E-state index in [2.05, 4.69) is 0 Å². The molecule has 0 spiro atoms. The first-order chi connectivity index (χ1) is 8.31. The van der Waals surface area contributed by atoms with Gasteiger partial charge in [-0.2, -0.15) is 0 Å². The second kappa shape index (κ2) is 8.06. The molecule has 1 rings (SSSR count). The molecule has 0 aliphatic heterocycles. The summed E-state index contributed by atoms with van der Waals surface area (Å²) >= 11 is 0. The number of ether oxygens (including phenoxy) is 3. The third-order valence-electron chi connectivity index (χ3n) is 2.45. The van der Waals surface area contributed by atoms with Gasteiger partial charge in [-0.1, -0.05) is 12.1 Å². The van der Waals surface area contributed by atoms with E-state index >= 15 is 0 Å². The van der Waals surface area contributed by atoms with Crippen LogP contribution >= 0.6 is 0 Å². The lowest BCUT2D eigenvalue weighted by Crippen LogP contribution is -2.18. The molecule has 4 heteroatoms. The van der Waals surface area contributed by atoms with Crippen molar-refractivity contribution in [1.29, 1.82) is 0 Å². The van der Waals surface area contributed by atoms with Crippen molar-refractivity contribution in [2.75, 3.05) is 33.5 Å². The van der Waals surface area contributed by atoms with Gasteiger partial charge < -0.3 is 19.9 Å². The maximum atomic E-state index is 5.69. The van der Waals surface area contributed by atoms with Crippen molar-refractivity contribution in [3.63, 3.8) is 0 Å². The van der Waals surface area contributed by atoms with Crippen LogP contribution in [0.3, 0.4) is 0 Å². The van der Waals surface area contributed by atoms with E-state index in [9.17, 15) is 0 Å². The van der Waals surface area contributed by atoms with E-state index in [-0.39, 0.29) is 6.10 Å². The van der Waals surface area contributed by atoms with Gasteiger partial charge in [0.05, 0.1) is 26.4 Å². The van der Waals surface area contributed by atoms with Crippen LogP contribution in [0.5, 0.6) is 5.75 Å². The Bertz CT molecular complexity index is 300. The van der Waals surface area contributed by atoms with Crippen LogP contribution < -0.4 is 10.5 Å². The lowest BCUT2D eigenvalue weighted by molar-refractivity contribution is 0.0104. The minimum atomic E-state index is -0.0821. The molecule has 0 aliphatic carbocycles. The van der Waals surface area contributed by atoms with Gasteiger partial charge in [0.25, 0.3) is 0 Å². The molecule has 96 valence electrons. The summed E-state index contributed by atoms with van der Waals surface area (Å²) in [5.41, 5.74) is 6.75. The van der Waals surface area contributed by atoms with Crippen LogP contribution in [0.2, 0.25) is 0 Å². The molecule has 0 heterocycles. The molecule has 0 aromatic heterocycles. The summed E-state index contributed by atoms with van der Waals surface area (Å²) in [4.78, 5) is 0. The molecule has 0 saturated heterocycles. The van der Waals surface area contributed by atoms with Crippen molar-refractivity contribution in [1.82, 2.24) is 0 Å². The van der Waals surface area contributed by atoms with Crippen LogP contribution in [0.4, 0.5) is 0 Å². The Hall–Kier alpha value is -1.10. The van der Waals surface area contributed by atoms with Crippen molar-refractivity contribution in [2.24, 2.45) is 5.73 Å². The molecule has 0 radical (unpaired) electrons. The van der Waals surface area contributed by atoms with Gasteiger partial charge >= 0.3 is 0 Å². The fourth-order valence-electron chi connectivity index (χ4n) is 1.51. The highest BCUT2D eigenvalue weighted by Gasteiger charge is 2.09. The predicted octanol–water partition coefficient (Wildman–Crippen LogP) is 1.75. The molecule has 0 bridgehead atoms. The summed E-state index contributed by atoms with van der Waals surface area (Å²) in [6.45, 7) is 4.28. The Morgan fingerprint density at radius 2 is 1.88 bits per heavy atom. The monoisotopic (exact) mass is 239 g/mol. The zero-order valence-electron chi connectivity index (χ0n) is 10.5. The maximum Gasteiger partial charge on any atom is 0.118 e. The summed E-state index contributed by atoms with van der Waals surface area (Å²) in [6, 6.07) is 7.75. The highest BCUT2D eigenvalue weighted by atomic mass is 16.5. The van der Waals surface area contributed by atoms with E-state index in [1.54, 1.807) is 7.11 Å². The molecule has 4 nitrogen and oxygen atoms in total. The molecular formula is C13H21NO3. The average molecular weight is 239 g/mol. The topological polar surface area (TPSA) is 53.7 Å². The lowest BCUT2D eigenvalue weighted by atomic mass is 10.1. The van der Waals surface area contributed by atoms with E-state index in [1.165, 1.54) is 0 Å². The molecule has 0 amide bonds. The Kier molecular flexibility index (Phi) is 6.62. The Balaban J connectivity index is 2.47. The Morgan fingerprint density at radius 3 is 2.41 bits per heavy atom. The number of hydrogen-bond acceptors (Lipinski definition) is 4. The zero-order chi connectivity index (χ0) is 12.5. The second-order valence-electron chi connectivity index (χ2n) is 3.57. The molecule has 1 atom stereocenters. The molecule has 0 saturated carbocycles. The van der Waals surface area contributed by atoms with Crippen LogP contribution in [0.15, 0.2) is 24.3 Å². The smallest absolute Gasteiger partial charge is 0.118 e. The minimum absolute atomic E-state index is 0.0821. The van der Waals surface area contributed by atoms with Gasteiger partial charge in [0.15, 0.2) is 0 Å². The summed E-state index contributed by atoms with van der Waals surface area (Å²) in [7, 11) is 1.65. The van der Waals surface area contributed by atoms with Crippen LogP contribution in [0.1, 0.15) is 18.6 Å². The number of hydrogen-bond donors (Lipinski definition) is 1. The summed E-state index contributed by atoms with van der Waals surface area (Å²) in [5.74, 6) is 0.832. The van der Waals surface area contributed by atoms with Gasteiger partial charge in [-0.05, 0) is 24.6 Å². The lowest BCUT2D eigenvalue weighted by Gasteiger charge is -2.16. The van der Waals surface area contributed by atoms with E-state index in [0.717, 1.165) is 11.3 Å². The van der Waals surface area contributed by atoms with Crippen LogP contribution in [-0.4, -0.2) is 33.5 Å². The highest BCUT2D eigenvalue weighted by molar-refractivity contribution is 5.28. The van der Waals surface area contributed by atoms with Gasteiger partial charge in [0.2, 0.25) is 0 Å². The average Bonchev–Trinajstić information content (AvgIpc) is 2.39. The normalized spacial score (nSPS) is 12.4. The third-order valence-corrected chi connectivity index (χ3v) is 2.45. The SMILES string of the molecule is CCOCCOC(CN)c1ccc(OC)cc1. The number of methoxy groups -OCH3 is 1. The predicted molar refractivity (Wildman–Crippen MR) is 67.2 cm³/mol. The molecule has 1 aromatic carbocycles. The maximum absolute atomic E-state index is 5.69. The van der Waals surface area contributed by atoms with E-state index < -0.39 is 0 Å². The molecule has 17 heavy (non-hydrogen) atoms. The van der Waals surface area contributed by atoms with Gasteiger partial charge in [-0.15, -0.1) is 0 Å². The highest BCUT2D eigenvalue weighted by Crippen LogP contribution is 2.19. The first-order valence-electron chi connectivity index (χ1n) is 5.85. The van der Waals surface area contributed by atoms with Crippen LogP contribution in [0.25, 0.3) is 0 Å². The summed E-state index contributed by atoms with van der Waals surface area (Å²) < 4.78 is 16.0. The standard InChI is InChI=1S/C13H21NO3/c1-3-16-8-9-17-13(10-14)11-4-6-12(15-2)7-5-11/h4-7,13H,3,8-10,14H2,1-2H3. The fourth-order valence-corrected chi connectivity index (χ4v) is 1.51. The first-order valence-corrected chi connectivity index (χ1v) is 5.85. The number of nitrogens with two attached hydrogens (primary N) is 1. The molecule has 0 aliphatic rings. The van der Waals surface area contributed by atoms with E-state index in [1.807, 2.05) is 31.2 Å². The largest absolute Gasteiger partial charge is 0.497 e. The number of benzene rings is 1. The zero-order valence-corrected chi connectivity index (χ0v) is 10.5. The third kappa shape index (κ3) is 4.73.